The van der Waals surface area contributed by atoms with Gasteiger partial charge in [-0.2, -0.15) is 0 Å². The van der Waals surface area contributed by atoms with Crippen molar-refractivity contribution in [1.82, 2.24) is 15.5 Å². The van der Waals surface area contributed by atoms with E-state index in [0.717, 1.165) is 17.5 Å². The molecule has 0 aliphatic carbocycles. The largest absolute Gasteiger partial charge is 0.352 e. The van der Waals surface area contributed by atoms with Crippen LogP contribution in [-0.4, -0.2) is 47.8 Å². The van der Waals surface area contributed by atoms with Gasteiger partial charge in [0.25, 0.3) is 11.8 Å². The van der Waals surface area contributed by atoms with Gasteiger partial charge in [-0.25, -0.2) is 0 Å². The molecular weight excluding hydrogens is 414 g/mol. The van der Waals surface area contributed by atoms with Crippen LogP contribution in [0.5, 0.6) is 0 Å². The zero-order valence-electron chi connectivity index (χ0n) is 20.1. The molecule has 2 atom stereocenters. The van der Waals surface area contributed by atoms with E-state index in [9.17, 15) is 14.4 Å². The van der Waals surface area contributed by atoms with Crippen LogP contribution in [0, 0.1) is 19.8 Å². The Hall–Kier alpha value is -3.15. The zero-order chi connectivity index (χ0) is 24.0. The first-order valence-electron chi connectivity index (χ1n) is 11.8. The van der Waals surface area contributed by atoms with Crippen molar-refractivity contribution in [3.8, 4) is 0 Å². The van der Waals surface area contributed by atoms with Gasteiger partial charge < -0.3 is 15.5 Å². The van der Waals surface area contributed by atoms with Crippen molar-refractivity contribution in [2.75, 3.05) is 13.1 Å². The van der Waals surface area contributed by atoms with Gasteiger partial charge in [0.15, 0.2) is 0 Å². The van der Waals surface area contributed by atoms with Gasteiger partial charge in [0.1, 0.15) is 6.04 Å². The quantitative estimate of drug-likeness (QED) is 0.674. The van der Waals surface area contributed by atoms with Gasteiger partial charge in [0, 0.05) is 30.3 Å². The Balaban J connectivity index is 1.71. The third-order valence-corrected chi connectivity index (χ3v) is 6.52. The predicted molar refractivity (Wildman–Crippen MR) is 130 cm³/mol. The number of aryl methyl sites for hydroxylation is 2. The molecule has 6 nitrogen and oxygen atoms in total. The summed E-state index contributed by atoms with van der Waals surface area (Å²) in [7, 11) is 0. The summed E-state index contributed by atoms with van der Waals surface area (Å²) < 4.78 is 0. The van der Waals surface area contributed by atoms with Gasteiger partial charge in [-0.3, -0.25) is 14.4 Å². The van der Waals surface area contributed by atoms with Crippen LogP contribution in [0.2, 0.25) is 0 Å². The van der Waals surface area contributed by atoms with Gasteiger partial charge in [0.05, 0.1) is 0 Å². The second-order valence-corrected chi connectivity index (χ2v) is 9.08. The van der Waals surface area contributed by atoms with Gasteiger partial charge in [-0.05, 0) is 69.7 Å². The molecule has 1 aliphatic heterocycles. The Labute approximate surface area is 196 Å². The van der Waals surface area contributed by atoms with E-state index in [1.165, 1.54) is 0 Å². The molecule has 6 heteroatoms. The number of nitrogens with zero attached hydrogens (tertiary/aromatic N) is 1. The molecule has 2 aromatic carbocycles. The number of benzene rings is 2. The molecule has 0 saturated carbocycles. The maximum absolute atomic E-state index is 13.1. The Morgan fingerprint density at radius 2 is 1.70 bits per heavy atom. The number of piperidine rings is 1. The van der Waals surface area contributed by atoms with E-state index in [4.69, 9.17) is 0 Å². The highest BCUT2D eigenvalue weighted by Crippen LogP contribution is 2.23. The highest BCUT2D eigenvalue weighted by Gasteiger charge is 2.34. The number of nitrogens with one attached hydrogen (secondary N) is 2. The Kier molecular flexibility index (Phi) is 8.26. The van der Waals surface area contributed by atoms with E-state index in [1.807, 2.05) is 75.1 Å². The first-order valence-corrected chi connectivity index (χ1v) is 11.8. The molecule has 3 rings (SSSR count). The molecule has 1 fully saturated rings. The van der Waals surface area contributed by atoms with E-state index in [2.05, 4.69) is 10.6 Å². The summed E-state index contributed by atoms with van der Waals surface area (Å²) in [5.74, 6) is -0.421. The summed E-state index contributed by atoms with van der Waals surface area (Å²) in [6.45, 7) is 8.96. The third-order valence-electron chi connectivity index (χ3n) is 6.52. The fourth-order valence-electron chi connectivity index (χ4n) is 4.28. The van der Waals surface area contributed by atoms with E-state index in [-0.39, 0.29) is 29.7 Å². The Bertz CT molecular complexity index is 996. The van der Waals surface area contributed by atoms with Gasteiger partial charge in [-0.15, -0.1) is 0 Å². The predicted octanol–water partition coefficient (Wildman–Crippen LogP) is 3.87. The normalized spacial score (nSPS) is 16.1. The molecule has 0 spiro atoms. The van der Waals surface area contributed by atoms with Crippen LogP contribution in [0.1, 0.15) is 65.0 Å². The summed E-state index contributed by atoms with van der Waals surface area (Å²) in [4.78, 5) is 40.9. The second-order valence-electron chi connectivity index (χ2n) is 9.08. The lowest BCUT2D eigenvalue weighted by Gasteiger charge is -2.36. The molecule has 176 valence electrons. The number of hydrogen-bond donors (Lipinski definition) is 2. The molecule has 2 N–H and O–H groups in total. The fourth-order valence-corrected chi connectivity index (χ4v) is 4.28. The van der Waals surface area contributed by atoms with Gasteiger partial charge in [-0.1, -0.05) is 42.8 Å². The molecule has 1 aliphatic rings. The molecule has 0 aromatic heterocycles. The molecule has 1 saturated heterocycles. The van der Waals surface area contributed by atoms with E-state index in [0.29, 0.717) is 37.1 Å². The lowest BCUT2D eigenvalue weighted by Crippen LogP contribution is -2.55. The van der Waals surface area contributed by atoms with Crippen molar-refractivity contribution in [3.05, 3.63) is 70.8 Å². The van der Waals surface area contributed by atoms with Crippen LogP contribution in [0.3, 0.4) is 0 Å². The maximum Gasteiger partial charge on any atom is 0.253 e. The number of carbonyl (C=O) groups is 3. The minimum atomic E-state index is -0.637. The number of hydrogen-bond acceptors (Lipinski definition) is 3. The lowest BCUT2D eigenvalue weighted by molar-refractivity contribution is -0.125. The summed E-state index contributed by atoms with van der Waals surface area (Å²) >= 11 is 0. The number of rotatable bonds is 7. The molecular formula is C27H35N3O3. The van der Waals surface area contributed by atoms with Crippen LogP contribution in [0.25, 0.3) is 0 Å². The Morgan fingerprint density at radius 3 is 2.33 bits per heavy atom. The molecule has 1 heterocycles. The first kappa shape index (κ1) is 24.5. The molecule has 0 bridgehead atoms. The average molecular weight is 450 g/mol. The zero-order valence-corrected chi connectivity index (χ0v) is 20.1. The van der Waals surface area contributed by atoms with Gasteiger partial charge >= 0.3 is 0 Å². The number of amides is 3. The number of likely N-dealkylation sites (tertiary alicyclic amines) is 1. The van der Waals surface area contributed by atoms with Crippen LogP contribution >= 0.6 is 0 Å². The monoisotopic (exact) mass is 449 g/mol. The first-order chi connectivity index (χ1) is 15.8. The molecule has 3 amide bonds. The van der Waals surface area contributed by atoms with E-state index < -0.39 is 6.04 Å². The van der Waals surface area contributed by atoms with Crippen LogP contribution in [-0.2, 0) is 4.79 Å². The summed E-state index contributed by atoms with van der Waals surface area (Å²) in [6.07, 6.45) is 2.13. The Morgan fingerprint density at radius 1 is 1.00 bits per heavy atom. The van der Waals surface area contributed by atoms with Crippen molar-refractivity contribution in [1.29, 1.82) is 0 Å². The average Bonchev–Trinajstić information content (AvgIpc) is 2.82. The highest BCUT2D eigenvalue weighted by molar-refractivity contribution is 5.99. The number of carbonyl (C=O) groups excluding carboxylic acids is 3. The highest BCUT2D eigenvalue weighted by atomic mass is 16.2. The maximum atomic E-state index is 13.1. The van der Waals surface area contributed by atoms with Crippen molar-refractivity contribution in [2.45, 2.75) is 59.0 Å². The van der Waals surface area contributed by atoms with Crippen LogP contribution in [0.4, 0.5) is 0 Å². The van der Waals surface area contributed by atoms with Crippen LogP contribution in [0.15, 0.2) is 48.5 Å². The van der Waals surface area contributed by atoms with Crippen LogP contribution < -0.4 is 10.6 Å². The minimum Gasteiger partial charge on any atom is -0.352 e. The van der Waals surface area contributed by atoms with Crippen molar-refractivity contribution < 1.29 is 14.4 Å². The van der Waals surface area contributed by atoms with Crippen molar-refractivity contribution >= 4 is 17.7 Å². The fraction of sp³-hybridized carbons (Fsp3) is 0.444. The minimum absolute atomic E-state index is 0.0155. The molecule has 0 radical (unpaired) electrons. The summed E-state index contributed by atoms with van der Waals surface area (Å²) in [5, 5.41) is 6.03. The molecule has 2 aromatic rings. The van der Waals surface area contributed by atoms with Crippen molar-refractivity contribution in [3.63, 3.8) is 0 Å². The summed E-state index contributed by atoms with van der Waals surface area (Å²) in [6, 6.07) is 14.4. The second kappa shape index (κ2) is 11.1. The molecule has 0 unspecified atom stereocenters. The third kappa shape index (κ3) is 6.21. The summed E-state index contributed by atoms with van der Waals surface area (Å²) in [5.41, 5.74) is 3.18. The lowest BCUT2D eigenvalue weighted by atomic mass is 9.88. The van der Waals surface area contributed by atoms with E-state index in [1.54, 1.807) is 6.07 Å². The van der Waals surface area contributed by atoms with Crippen molar-refractivity contribution in [2.24, 2.45) is 5.92 Å². The molecule has 33 heavy (non-hydrogen) atoms. The smallest absolute Gasteiger partial charge is 0.253 e. The standard InChI is InChI=1S/C27H35N3O3/c1-5-20(4)28-26(32)24(29-25(31)23-12-7-6-10-19(23)3)21-13-15-30(16-14-21)27(33)22-11-8-9-18(2)17-22/h6-12,17,20-21,24H,5,13-16H2,1-4H3,(H,28,32)(H,29,31)/t20-,24-/m0/s1. The topological polar surface area (TPSA) is 78.5 Å². The van der Waals surface area contributed by atoms with E-state index >= 15 is 0 Å². The SMILES string of the molecule is CC[C@H](C)NC(=O)[C@@H](NC(=O)c1ccccc1C)C1CCN(C(=O)c2cccc(C)c2)CC1. The van der Waals surface area contributed by atoms with Gasteiger partial charge in [0.2, 0.25) is 5.91 Å².